The Labute approximate surface area is 198 Å². The minimum atomic E-state index is -0.131. The molecule has 1 N–H and O–H groups in total. The van der Waals surface area contributed by atoms with Crippen molar-refractivity contribution in [3.8, 4) is 0 Å². The number of benzene rings is 2. The number of urea groups is 1. The molecule has 0 aliphatic carbocycles. The van der Waals surface area contributed by atoms with Gasteiger partial charge in [0.15, 0.2) is 0 Å². The van der Waals surface area contributed by atoms with E-state index in [-0.39, 0.29) is 11.9 Å². The third-order valence-corrected chi connectivity index (χ3v) is 5.97. The van der Waals surface area contributed by atoms with Gasteiger partial charge in [-0.25, -0.2) is 4.79 Å². The van der Waals surface area contributed by atoms with Crippen LogP contribution in [-0.4, -0.2) is 59.9 Å². The quantitative estimate of drug-likeness (QED) is 0.610. The van der Waals surface area contributed by atoms with E-state index in [0.717, 1.165) is 25.3 Å². The molecule has 1 aliphatic heterocycles. The Bertz CT molecular complexity index is 1080. The molecule has 1 saturated heterocycles. The summed E-state index contributed by atoms with van der Waals surface area (Å²) in [5.74, 6) is -0.131. The van der Waals surface area contributed by atoms with Crippen LogP contribution in [0.5, 0.6) is 0 Å². The second-order valence-electron chi connectivity index (χ2n) is 7.97. The summed E-state index contributed by atoms with van der Waals surface area (Å²) >= 11 is 5.90. The molecule has 3 aromatic rings. The first kappa shape index (κ1) is 22.8. The predicted molar refractivity (Wildman–Crippen MR) is 131 cm³/mol. The van der Waals surface area contributed by atoms with Gasteiger partial charge in [0.2, 0.25) is 0 Å². The van der Waals surface area contributed by atoms with E-state index in [9.17, 15) is 9.59 Å². The molecule has 0 atom stereocenters. The number of carbonyl (C=O) groups excluding carboxylic acids is 2. The highest BCUT2D eigenvalue weighted by atomic mass is 35.5. The summed E-state index contributed by atoms with van der Waals surface area (Å²) in [5, 5.41) is 3.54. The number of amides is 3. The average molecular weight is 464 g/mol. The molecule has 170 valence electrons. The maximum absolute atomic E-state index is 12.7. The van der Waals surface area contributed by atoms with Crippen molar-refractivity contribution in [3.63, 3.8) is 0 Å². The number of nitrogens with one attached hydrogen (secondary N) is 1. The summed E-state index contributed by atoms with van der Waals surface area (Å²) < 4.78 is 0. The van der Waals surface area contributed by atoms with Crippen LogP contribution in [0.4, 0.5) is 16.2 Å². The van der Waals surface area contributed by atoms with Crippen molar-refractivity contribution in [1.29, 1.82) is 0 Å². The number of pyridine rings is 1. The van der Waals surface area contributed by atoms with Crippen LogP contribution in [-0.2, 0) is 6.54 Å². The molecule has 0 radical (unpaired) electrons. The summed E-state index contributed by atoms with van der Waals surface area (Å²) in [5.41, 5.74) is 3.21. The molecule has 1 aliphatic rings. The first-order valence-electron chi connectivity index (χ1n) is 10.8. The monoisotopic (exact) mass is 463 g/mol. The van der Waals surface area contributed by atoms with Crippen LogP contribution in [0, 0.1) is 0 Å². The number of hydrogen-bond donors (Lipinski definition) is 1. The highest BCUT2D eigenvalue weighted by Crippen LogP contribution is 2.20. The van der Waals surface area contributed by atoms with Crippen molar-refractivity contribution in [2.45, 2.75) is 6.54 Å². The number of piperazine rings is 1. The number of carbonyl (C=O) groups is 2. The van der Waals surface area contributed by atoms with Gasteiger partial charge in [-0.2, -0.15) is 0 Å². The van der Waals surface area contributed by atoms with Gasteiger partial charge in [0.25, 0.3) is 5.91 Å². The Hall–Kier alpha value is -3.42. The third-order valence-electron chi connectivity index (χ3n) is 5.72. The zero-order valence-electron chi connectivity index (χ0n) is 18.4. The minimum Gasteiger partial charge on any atom is -0.322 e. The number of anilines is 2. The smallest absolute Gasteiger partial charge is 0.321 e. The zero-order valence-corrected chi connectivity index (χ0v) is 19.2. The largest absolute Gasteiger partial charge is 0.322 e. The molecule has 2 aromatic carbocycles. The highest BCUT2D eigenvalue weighted by Gasteiger charge is 2.21. The Morgan fingerprint density at radius 3 is 2.21 bits per heavy atom. The Kier molecular flexibility index (Phi) is 7.22. The molecular formula is C25H26ClN5O2. The van der Waals surface area contributed by atoms with E-state index in [1.807, 2.05) is 29.2 Å². The van der Waals surface area contributed by atoms with E-state index in [1.165, 1.54) is 5.56 Å². The van der Waals surface area contributed by atoms with Crippen molar-refractivity contribution in [2.24, 2.45) is 0 Å². The number of rotatable bonds is 5. The number of aromatic nitrogens is 1. The highest BCUT2D eigenvalue weighted by molar-refractivity contribution is 6.30. The van der Waals surface area contributed by atoms with Crippen LogP contribution >= 0.6 is 11.6 Å². The lowest BCUT2D eigenvalue weighted by Gasteiger charge is -2.34. The van der Waals surface area contributed by atoms with Crippen molar-refractivity contribution >= 4 is 34.9 Å². The van der Waals surface area contributed by atoms with Crippen LogP contribution in [0.15, 0.2) is 73.1 Å². The van der Waals surface area contributed by atoms with Crippen molar-refractivity contribution < 1.29 is 9.59 Å². The molecule has 4 rings (SSSR count). The van der Waals surface area contributed by atoms with E-state index in [1.54, 1.807) is 60.7 Å². The van der Waals surface area contributed by atoms with Crippen molar-refractivity contribution in [3.05, 3.63) is 89.2 Å². The molecule has 33 heavy (non-hydrogen) atoms. The molecule has 0 spiro atoms. The number of nitrogens with zero attached hydrogens (tertiary/aromatic N) is 4. The molecule has 0 saturated carbocycles. The van der Waals surface area contributed by atoms with Gasteiger partial charge in [0.05, 0.1) is 0 Å². The van der Waals surface area contributed by atoms with Gasteiger partial charge in [-0.05, 0) is 66.2 Å². The van der Waals surface area contributed by atoms with E-state index in [0.29, 0.717) is 29.4 Å². The van der Waals surface area contributed by atoms with Gasteiger partial charge >= 0.3 is 6.03 Å². The maximum Gasteiger partial charge on any atom is 0.321 e. The molecule has 0 bridgehead atoms. The molecule has 1 aromatic heterocycles. The zero-order chi connectivity index (χ0) is 23.2. The standard InChI is InChI=1S/C25H26ClN5O2/c1-29(24(32)20-2-4-21(26)5-3-20)23-8-6-22(7-9-23)28-25(33)31-16-14-30(15-17-31)18-19-10-12-27-13-11-19/h2-13H,14-18H2,1H3,(H,28,33). The van der Waals surface area contributed by atoms with Gasteiger partial charge in [-0.3, -0.25) is 14.7 Å². The molecule has 0 unspecified atom stereocenters. The van der Waals surface area contributed by atoms with E-state index >= 15 is 0 Å². The van der Waals surface area contributed by atoms with Gasteiger partial charge < -0.3 is 15.1 Å². The lowest BCUT2D eigenvalue weighted by atomic mass is 10.2. The van der Waals surface area contributed by atoms with E-state index in [4.69, 9.17) is 11.6 Å². The van der Waals surface area contributed by atoms with Crippen LogP contribution < -0.4 is 10.2 Å². The van der Waals surface area contributed by atoms with Gasteiger partial charge in [-0.15, -0.1) is 0 Å². The molecule has 7 nitrogen and oxygen atoms in total. The number of halogens is 1. The van der Waals surface area contributed by atoms with Crippen LogP contribution in [0.2, 0.25) is 5.02 Å². The summed E-state index contributed by atoms with van der Waals surface area (Å²) in [6.07, 6.45) is 3.60. The molecule has 8 heteroatoms. The summed E-state index contributed by atoms with van der Waals surface area (Å²) in [7, 11) is 1.72. The normalized spacial score (nSPS) is 14.1. The topological polar surface area (TPSA) is 68.8 Å². The Balaban J connectivity index is 1.28. The third kappa shape index (κ3) is 5.88. The number of hydrogen-bond acceptors (Lipinski definition) is 4. The summed E-state index contributed by atoms with van der Waals surface area (Å²) in [4.78, 5) is 35.1. The molecule has 3 amide bonds. The van der Waals surface area contributed by atoms with Crippen LogP contribution in [0.1, 0.15) is 15.9 Å². The van der Waals surface area contributed by atoms with Gasteiger partial charge in [0, 0.05) is 74.1 Å². The van der Waals surface area contributed by atoms with E-state index < -0.39 is 0 Å². The first-order valence-corrected chi connectivity index (χ1v) is 11.2. The fourth-order valence-electron chi connectivity index (χ4n) is 3.73. The summed E-state index contributed by atoms with van der Waals surface area (Å²) in [6.45, 7) is 3.86. The minimum absolute atomic E-state index is 0.114. The van der Waals surface area contributed by atoms with Crippen molar-refractivity contribution in [1.82, 2.24) is 14.8 Å². The molecule has 2 heterocycles. The Morgan fingerprint density at radius 1 is 0.939 bits per heavy atom. The SMILES string of the molecule is CN(C(=O)c1ccc(Cl)cc1)c1ccc(NC(=O)N2CCN(Cc3ccncc3)CC2)cc1. The molecule has 1 fully saturated rings. The van der Waals surface area contributed by atoms with Gasteiger partial charge in [0.1, 0.15) is 0 Å². The molecular weight excluding hydrogens is 438 g/mol. The van der Waals surface area contributed by atoms with Gasteiger partial charge in [-0.1, -0.05) is 11.6 Å². The second-order valence-corrected chi connectivity index (χ2v) is 8.40. The predicted octanol–water partition coefficient (Wildman–Crippen LogP) is 4.36. The Morgan fingerprint density at radius 2 is 1.58 bits per heavy atom. The lowest BCUT2D eigenvalue weighted by Crippen LogP contribution is -2.49. The van der Waals surface area contributed by atoms with Crippen molar-refractivity contribution in [2.75, 3.05) is 43.4 Å². The fourth-order valence-corrected chi connectivity index (χ4v) is 3.86. The van der Waals surface area contributed by atoms with Crippen LogP contribution in [0.3, 0.4) is 0 Å². The maximum atomic E-state index is 12.7. The second kappa shape index (κ2) is 10.5. The first-order chi connectivity index (χ1) is 16.0. The average Bonchev–Trinajstić information content (AvgIpc) is 2.85. The lowest BCUT2D eigenvalue weighted by molar-refractivity contribution is 0.0993. The fraction of sp³-hybridized carbons (Fsp3) is 0.240. The van der Waals surface area contributed by atoms with Crippen LogP contribution in [0.25, 0.3) is 0 Å². The van der Waals surface area contributed by atoms with E-state index in [2.05, 4.69) is 15.2 Å². The summed E-state index contributed by atoms with van der Waals surface area (Å²) in [6, 6.07) is 18.0.